The minimum absolute atomic E-state index is 0. The second-order valence-corrected chi connectivity index (χ2v) is 4.96. The molecule has 2 aromatic rings. The fourth-order valence-electron chi connectivity index (χ4n) is 2.51. The summed E-state index contributed by atoms with van der Waals surface area (Å²) in [7, 11) is 0. The third-order valence-electron chi connectivity index (χ3n) is 3.57. The Balaban J connectivity index is 0.00000176. The van der Waals surface area contributed by atoms with Gasteiger partial charge in [0, 0.05) is 44.4 Å². The van der Waals surface area contributed by atoms with Gasteiger partial charge in [-0.1, -0.05) is 6.07 Å². The van der Waals surface area contributed by atoms with Crippen LogP contribution in [0.15, 0.2) is 42.7 Å². The van der Waals surface area contributed by atoms with Gasteiger partial charge in [-0.15, -0.1) is 0 Å². The zero-order valence-corrected chi connectivity index (χ0v) is 12.1. The number of rotatable bonds is 4. The highest BCUT2D eigenvalue weighted by Gasteiger charge is 2.23. The number of hydrogen-bond acceptors (Lipinski definition) is 6. The molecule has 0 amide bonds. The Labute approximate surface area is 128 Å². The summed E-state index contributed by atoms with van der Waals surface area (Å²) in [5, 5.41) is 9.15. The predicted octanol–water partition coefficient (Wildman–Crippen LogP) is 1.50. The molecule has 0 aliphatic carbocycles. The molecule has 3 rings (SSSR count). The highest BCUT2D eigenvalue weighted by Crippen LogP contribution is 2.26. The minimum Gasteiger partial charge on any atom is -0.474 e. The van der Waals surface area contributed by atoms with Gasteiger partial charge in [-0.05, 0) is 18.2 Å². The Morgan fingerprint density at radius 3 is 2.55 bits per heavy atom. The van der Waals surface area contributed by atoms with E-state index in [1.165, 1.54) is 0 Å². The van der Waals surface area contributed by atoms with Gasteiger partial charge in [0.1, 0.15) is 11.8 Å². The van der Waals surface area contributed by atoms with Crippen molar-refractivity contribution in [1.29, 1.82) is 0 Å². The van der Waals surface area contributed by atoms with Crippen molar-refractivity contribution >= 4 is 11.5 Å². The van der Waals surface area contributed by atoms with Crippen molar-refractivity contribution in [2.45, 2.75) is 18.9 Å². The van der Waals surface area contributed by atoms with Gasteiger partial charge in [-0.2, -0.15) is 0 Å². The van der Waals surface area contributed by atoms with E-state index in [-0.39, 0.29) is 11.6 Å². The number of hydrogen-bond donors (Lipinski definition) is 2. The van der Waals surface area contributed by atoms with Crippen LogP contribution >= 0.6 is 0 Å². The molecule has 3 heterocycles. The first kappa shape index (κ1) is 16.0. The van der Waals surface area contributed by atoms with Crippen LogP contribution in [-0.4, -0.2) is 39.8 Å². The van der Waals surface area contributed by atoms with Crippen LogP contribution in [0.2, 0.25) is 0 Å². The van der Waals surface area contributed by atoms with E-state index >= 15 is 0 Å². The summed E-state index contributed by atoms with van der Waals surface area (Å²) in [6, 6.07) is 9.27. The van der Waals surface area contributed by atoms with Gasteiger partial charge in [0.05, 0.1) is 0 Å². The lowest BCUT2D eigenvalue weighted by molar-refractivity contribution is 0.164. The van der Waals surface area contributed by atoms with E-state index in [0.29, 0.717) is 11.6 Å². The molecule has 0 spiro atoms. The number of nitrogens with one attached hydrogen (secondary N) is 1. The van der Waals surface area contributed by atoms with Gasteiger partial charge in [0.15, 0.2) is 5.82 Å². The molecule has 7 nitrogen and oxygen atoms in total. The fourth-order valence-corrected chi connectivity index (χ4v) is 2.51. The van der Waals surface area contributed by atoms with E-state index in [1.54, 1.807) is 24.5 Å². The topological polar surface area (TPSA) is 102 Å². The molecule has 0 atom stereocenters. The van der Waals surface area contributed by atoms with Crippen LogP contribution in [0.5, 0.6) is 5.88 Å². The van der Waals surface area contributed by atoms with Crippen LogP contribution in [0.25, 0.3) is 0 Å². The quantitative estimate of drug-likeness (QED) is 0.830. The zero-order valence-electron chi connectivity index (χ0n) is 12.1. The highest BCUT2D eigenvalue weighted by atomic mass is 16.5. The minimum atomic E-state index is 0. The zero-order chi connectivity index (χ0) is 14.5. The number of aromatic nitrogens is 2. The van der Waals surface area contributed by atoms with E-state index in [9.17, 15) is 0 Å². The average molecular weight is 304 g/mol. The number of nitrogens with zero attached hydrogens (tertiary/aromatic N) is 3. The molecule has 1 aliphatic rings. The largest absolute Gasteiger partial charge is 0.474 e. The van der Waals surface area contributed by atoms with Crippen molar-refractivity contribution in [3.63, 3.8) is 0 Å². The molecule has 7 heteroatoms. The Morgan fingerprint density at radius 2 is 1.86 bits per heavy atom. The van der Waals surface area contributed by atoms with Gasteiger partial charge in [0.2, 0.25) is 5.88 Å². The van der Waals surface area contributed by atoms with Crippen molar-refractivity contribution in [1.82, 2.24) is 9.97 Å². The highest BCUT2D eigenvalue weighted by molar-refractivity contribution is 5.64. The van der Waals surface area contributed by atoms with Crippen LogP contribution < -0.4 is 15.1 Å². The first-order valence-corrected chi connectivity index (χ1v) is 7.04. The summed E-state index contributed by atoms with van der Waals surface area (Å²) < 4.78 is 5.87. The molecule has 0 radical (unpaired) electrons. The Bertz CT molecular complexity index is 574. The van der Waals surface area contributed by atoms with Crippen LogP contribution in [0.3, 0.4) is 0 Å². The van der Waals surface area contributed by atoms with E-state index < -0.39 is 0 Å². The van der Waals surface area contributed by atoms with Crippen molar-refractivity contribution < 1.29 is 15.4 Å². The summed E-state index contributed by atoms with van der Waals surface area (Å²) >= 11 is 0. The number of pyridine rings is 2. The van der Waals surface area contributed by atoms with E-state index in [0.717, 1.165) is 31.7 Å². The molecule has 0 bridgehead atoms. The molecule has 0 unspecified atom stereocenters. The third kappa shape index (κ3) is 3.63. The maximum atomic E-state index is 9.15. The van der Waals surface area contributed by atoms with Crippen molar-refractivity contribution in [3.8, 4) is 5.88 Å². The molecule has 0 saturated carbocycles. The monoisotopic (exact) mass is 304 g/mol. The summed E-state index contributed by atoms with van der Waals surface area (Å²) in [5.74, 6) is 1.45. The van der Waals surface area contributed by atoms with Gasteiger partial charge in [-0.3, -0.25) is 10.7 Å². The maximum absolute atomic E-state index is 9.15. The number of ether oxygens (including phenoxy) is 1. The molecular formula is C15H20N4O3. The van der Waals surface area contributed by atoms with Crippen LogP contribution in [-0.2, 0) is 0 Å². The van der Waals surface area contributed by atoms with Crippen molar-refractivity contribution in [3.05, 3.63) is 42.7 Å². The van der Waals surface area contributed by atoms with Crippen molar-refractivity contribution in [2.75, 3.05) is 23.5 Å². The Morgan fingerprint density at radius 1 is 1.09 bits per heavy atom. The molecule has 4 N–H and O–H groups in total. The van der Waals surface area contributed by atoms with Crippen LogP contribution in [0, 0.1) is 0 Å². The summed E-state index contributed by atoms with van der Waals surface area (Å²) in [4.78, 5) is 10.7. The Hall–Kier alpha value is -2.38. The number of piperidine rings is 1. The lowest BCUT2D eigenvalue weighted by atomic mass is 10.1. The van der Waals surface area contributed by atoms with Gasteiger partial charge < -0.3 is 15.1 Å². The van der Waals surface area contributed by atoms with E-state index in [2.05, 4.69) is 20.3 Å². The predicted molar refractivity (Wildman–Crippen MR) is 83.4 cm³/mol. The smallest absolute Gasteiger partial charge is 0.213 e. The average Bonchev–Trinajstić information content (AvgIpc) is 2.56. The normalized spacial score (nSPS) is 15.0. The maximum Gasteiger partial charge on any atom is 0.213 e. The lowest BCUT2D eigenvalue weighted by Crippen LogP contribution is -2.39. The van der Waals surface area contributed by atoms with Gasteiger partial charge in [-0.25, -0.2) is 9.97 Å². The summed E-state index contributed by atoms with van der Waals surface area (Å²) in [5.41, 5.74) is 2.82. The summed E-state index contributed by atoms with van der Waals surface area (Å²) in [6.45, 7) is 1.67. The first-order chi connectivity index (χ1) is 10.4. The molecule has 1 fully saturated rings. The molecule has 2 aromatic heterocycles. The number of anilines is 2. The van der Waals surface area contributed by atoms with E-state index in [4.69, 9.17) is 9.94 Å². The molecular weight excluding hydrogens is 284 g/mol. The Kier molecular flexibility index (Phi) is 5.51. The van der Waals surface area contributed by atoms with Gasteiger partial charge in [0.25, 0.3) is 0 Å². The molecule has 1 saturated heterocycles. The summed E-state index contributed by atoms with van der Waals surface area (Å²) in [6.07, 6.45) is 5.44. The lowest BCUT2D eigenvalue weighted by Gasteiger charge is -2.33. The van der Waals surface area contributed by atoms with Gasteiger partial charge >= 0.3 is 0 Å². The molecule has 1 aliphatic heterocycles. The second-order valence-electron chi connectivity index (χ2n) is 4.96. The second kappa shape index (κ2) is 7.58. The molecule has 118 valence electrons. The standard InChI is InChI=1S/C15H18N4O2.H2O/c20-18-13-4-3-9-17-15(13)19-10-6-12(7-11-19)21-14-5-1-2-8-16-14;/h1-5,8-9,12,18,20H,6-7,10-11H2;1H2. The van der Waals surface area contributed by atoms with Crippen LogP contribution in [0.4, 0.5) is 11.5 Å². The third-order valence-corrected chi connectivity index (χ3v) is 3.57. The SMILES string of the molecule is O.ONc1cccnc1N1CCC(Oc2ccccn2)CC1. The van der Waals surface area contributed by atoms with E-state index in [1.807, 2.05) is 18.2 Å². The van der Waals surface area contributed by atoms with Crippen LogP contribution in [0.1, 0.15) is 12.8 Å². The van der Waals surface area contributed by atoms with Crippen molar-refractivity contribution in [2.24, 2.45) is 0 Å². The molecule has 0 aromatic carbocycles. The molecule has 22 heavy (non-hydrogen) atoms. The first-order valence-electron chi connectivity index (χ1n) is 7.04. The fraction of sp³-hybridized carbons (Fsp3) is 0.333.